The monoisotopic (exact) mass is 454 g/mol. The lowest BCUT2D eigenvalue weighted by Crippen LogP contribution is -2.46. The molecule has 3 aromatic carbocycles. The van der Waals surface area contributed by atoms with Crippen LogP contribution in [-0.4, -0.2) is 16.2 Å². The molecular weight excluding hydrogens is 431 g/mol. The molecular formula is C27H23FN4O2. The molecule has 0 saturated carbocycles. The SMILES string of the molecule is CCc1ccc(-c2noc(C3=C(C)N(c4ccccc4)C(=O)NC3c3ccc(F)cc3)n2)cc1. The quantitative estimate of drug-likeness (QED) is 0.393. The molecule has 1 aliphatic heterocycles. The zero-order valence-electron chi connectivity index (χ0n) is 18.8. The van der Waals surface area contributed by atoms with E-state index in [0.717, 1.165) is 12.0 Å². The van der Waals surface area contributed by atoms with Crippen LogP contribution in [0.2, 0.25) is 0 Å². The number of aromatic nitrogens is 2. The second-order valence-corrected chi connectivity index (χ2v) is 8.08. The number of nitrogens with one attached hydrogen (secondary N) is 1. The maximum atomic E-state index is 13.6. The number of nitrogens with zero attached hydrogens (tertiary/aromatic N) is 3. The average Bonchev–Trinajstić information content (AvgIpc) is 3.34. The molecule has 5 rings (SSSR count). The molecule has 1 N–H and O–H groups in total. The molecule has 0 aliphatic carbocycles. The van der Waals surface area contributed by atoms with Crippen LogP contribution >= 0.6 is 0 Å². The van der Waals surface area contributed by atoms with Crippen molar-refractivity contribution in [1.82, 2.24) is 15.5 Å². The summed E-state index contributed by atoms with van der Waals surface area (Å²) >= 11 is 0. The molecule has 6 nitrogen and oxygen atoms in total. The molecule has 0 fully saturated rings. The van der Waals surface area contributed by atoms with Crippen molar-refractivity contribution in [3.8, 4) is 11.4 Å². The van der Waals surface area contributed by atoms with Crippen molar-refractivity contribution in [3.05, 3.63) is 107 Å². The van der Waals surface area contributed by atoms with Crippen molar-refractivity contribution in [2.45, 2.75) is 26.3 Å². The Morgan fingerprint density at radius 3 is 2.38 bits per heavy atom. The molecule has 2 amide bonds. The smallest absolute Gasteiger partial charge is 0.326 e. The number of halogens is 1. The first-order valence-corrected chi connectivity index (χ1v) is 11.1. The van der Waals surface area contributed by atoms with Gasteiger partial charge in [-0.15, -0.1) is 0 Å². The molecule has 34 heavy (non-hydrogen) atoms. The van der Waals surface area contributed by atoms with E-state index in [1.807, 2.05) is 61.5 Å². The first kappa shape index (κ1) is 21.6. The van der Waals surface area contributed by atoms with Gasteiger partial charge < -0.3 is 9.84 Å². The Kier molecular flexibility index (Phi) is 5.67. The second-order valence-electron chi connectivity index (χ2n) is 8.08. The summed E-state index contributed by atoms with van der Waals surface area (Å²) in [5.74, 6) is 0.399. The van der Waals surface area contributed by atoms with Crippen LogP contribution < -0.4 is 10.2 Å². The maximum absolute atomic E-state index is 13.6. The second kappa shape index (κ2) is 8.94. The number of allylic oxidation sites excluding steroid dienone is 1. The lowest BCUT2D eigenvalue weighted by Gasteiger charge is -2.35. The topological polar surface area (TPSA) is 71.3 Å². The molecule has 0 bridgehead atoms. The number of para-hydroxylation sites is 1. The Bertz CT molecular complexity index is 1350. The van der Waals surface area contributed by atoms with E-state index >= 15 is 0 Å². The zero-order chi connectivity index (χ0) is 23.7. The number of urea groups is 1. The number of hydrogen-bond donors (Lipinski definition) is 1. The molecule has 1 unspecified atom stereocenters. The molecule has 1 atom stereocenters. The van der Waals surface area contributed by atoms with E-state index in [0.29, 0.717) is 34.2 Å². The summed E-state index contributed by atoms with van der Waals surface area (Å²) < 4.78 is 19.3. The third kappa shape index (κ3) is 3.96. The highest BCUT2D eigenvalue weighted by atomic mass is 19.1. The molecule has 0 saturated heterocycles. The van der Waals surface area contributed by atoms with Gasteiger partial charge in [-0.3, -0.25) is 4.90 Å². The minimum absolute atomic E-state index is 0.294. The summed E-state index contributed by atoms with van der Waals surface area (Å²) in [6, 6.07) is 22.5. The molecule has 0 spiro atoms. The summed E-state index contributed by atoms with van der Waals surface area (Å²) in [5, 5.41) is 7.22. The standard InChI is InChI=1S/C27H23FN4O2/c1-3-18-9-11-20(12-10-18)25-30-26(34-31-25)23-17(2)32(22-7-5-4-6-8-22)27(33)29-24(23)19-13-15-21(28)16-14-19/h4-16,24H,3H2,1-2H3,(H,29,33). The first-order chi connectivity index (χ1) is 16.5. The highest BCUT2D eigenvalue weighted by molar-refractivity contribution is 6.01. The van der Waals surface area contributed by atoms with Gasteiger partial charge in [-0.2, -0.15) is 4.98 Å². The van der Waals surface area contributed by atoms with Gasteiger partial charge in [0.05, 0.1) is 17.3 Å². The Hall–Kier alpha value is -4.26. The van der Waals surface area contributed by atoms with Crippen LogP contribution in [0.1, 0.15) is 36.9 Å². The van der Waals surface area contributed by atoms with E-state index in [9.17, 15) is 9.18 Å². The summed E-state index contributed by atoms with van der Waals surface area (Å²) in [6.07, 6.45) is 0.943. The van der Waals surface area contributed by atoms with Crippen LogP contribution in [0.3, 0.4) is 0 Å². The van der Waals surface area contributed by atoms with Crippen molar-refractivity contribution in [2.75, 3.05) is 4.90 Å². The number of hydrogen-bond acceptors (Lipinski definition) is 4. The lowest BCUT2D eigenvalue weighted by atomic mass is 9.94. The summed E-state index contributed by atoms with van der Waals surface area (Å²) in [7, 11) is 0. The third-order valence-corrected chi connectivity index (χ3v) is 5.98. The van der Waals surface area contributed by atoms with Crippen LogP contribution in [0.4, 0.5) is 14.9 Å². The molecule has 4 aromatic rings. The fourth-order valence-corrected chi connectivity index (χ4v) is 4.15. The largest absolute Gasteiger partial charge is 0.334 e. The molecule has 1 aromatic heterocycles. The van der Waals surface area contributed by atoms with E-state index in [1.54, 1.807) is 17.0 Å². The van der Waals surface area contributed by atoms with Gasteiger partial charge in [-0.1, -0.05) is 66.7 Å². The molecule has 7 heteroatoms. The Morgan fingerprint density at radius 2 is 1.71 bits per heavy atom. The van der Waals surface area contributed by atoms with Crippen molar-refractivity contribution >= 4 is 17.3 Å². The van der Waals surface area contributed by atoms with Crippen LogP contribution in [0.5, 0.6) is 0 Å². The Balaban J connectivity index is 1.62. The molecule has 2 heterocycles. The summed E-state index contributed by atoms with van der Waals surface area (Å²) in [4.78, 5) is 19.4. The fraction of sp³-hybridized carbons (Fsp3) is 0.148. The first-order valence-electron chi connectivity index (χ1n) is 11.1. The van der Waals surface area contributed by atoms with Crippen LogP contribution in [0.25, 0.3) is 17.0 Å². The summed E-state index contributed by atoms with van der Waals surface area (Å²) in [6.45, 7) is 3.94. The van der Waals surface area contributed by atoms with Gasteiger partial charge in [0, 0.05) is 11.3 Å². The number of carbonyl (C=O) groups excluding carboxylic acids is 1. The van der Waals surface area contributed by atoms with Crippen LogP contribution in [0, 0.1) is 5.82 Å². The average molecular weight is 455 g/mol. The van der Waals surface area contributed by atoms with Gasteiger partial charge >= 0.3 is 6.03 Å². The number of benzene rings is 3. The van der Waals surface area contributed by atoms with E-state index in [2.05, 4.69) is 22.4 Å². The lowest BCUT2D eigenvalue weighted by molar-refractivity contribution is 0.244. The maximum Gasteiger partial charge on any atom is 0.326 e. The predicted octanol–water partition coefficient (Wildman–Crippen LogP) is 6.14. The molecule has 0 radical (unpaired) electrons. The number of carbonyl (C=O) groups is 1. The summed E-state index contributed by atoms with van der Waals surface area (Å²) in [5.41, 5.74) is 4.78. The van der Waals surface area contributed by atoms with Crippen LogP contribution in [0.15, 0.2) is 89.1 Å². The number of rotatable bonds is 5. The minimum atomic E-state index is -0.580. The Labute approximate surface area is 196 Å². The fourth-order valence-electron chi connectivity index (χ4n) is 4.15. The number of aryl methyl sites for hydroxylation is 1. The van der Waals surface area contributed by atoms with E-state index in [-0.39, 0.29) is 11.8 Å². The van der Waals surface area contributed by atoms with E-state index < -0.39 is 6.04 Å². The molecule has 1 aliphatic rings. The van der Waals surface area contributed by atoms with Gasteiger partial charge in [-0.25, -0.2) is 9.18 Å². The third-order valence-electron chi connectivity index (χ3n) is 5.98. The van der Waals surface area contributed by atoms with Crippen molar-refractivity contribution < 1.29 is 13.7 Å². The van der Waals surface area contributed by atoms with E-state index in [4.69, 9.17) is 4.52 Å². The van der Waals surface area contributed by atoms with Crippen LogP contribution in [-0.2, 0) is 6.42 Å². The highest BCUT2D eigenvalue weighted by Gasteiger charge is 2.36. The van der Waals surface area contributed by atoms with Gasteiger partial charge in [0.1, 0.15) is 5.82 Å². The minimum Gasteiger partial charge on any atom is -0.334 e. The Morgan fingerprint density at radius 1 is 1.00 bits per heavy atom. The zero-order valence-corrected chi connectivity index (χ0v) is 18.8. The van der Waals surface area contributed by atoms with Crippen molar-refractivity contribution in [3.63, 3.8) is 0 Å². The van der Waals surface area contributed by atoms with Gasteiger partial charge in [0.25, 0.3) is 5.89 Å². The normalized spacial score (nSPS) is 16.0. The van der Waals surface area contributed by atoms with Crippen molar-refractivity contribution in [2.24, 2.45) is 0 Å². The highest BCUT2D eigenvalue weighted by Crippen LogP contribution is 2.39. The predicted molar refractivity (Wildman–Crippen MR) is 128 cm³/mol. The van der Waals surface area contributed by atoms with Crippen molar-refractivity contribution in [1.29, 1.82) is 0 Å². The molecule has 170 valence electrons. The number of amides is 2. The van der Waals surface area contributed by atoms with Gasteiger partial charge in [-0.05, 0) is 48.7 Å². The van der Waals surface area contributed by atoms with E-state index in [1.165, 1.54) is 17.7 Å². The van der Waals surface area contributed by atoms with Gasteiger partial charge in [0.15, 0.2) is 0 Å². The van der Waals surface area contributed by atoms with Gasteiger partial charge in [0.2, 0.25) is 5.82 Å². The number of anilines is 1.